The summed E-state index contributed by atoms with van der Waals surface area (Å²) in [5, 5.41) is 3.24. The highest BCUT2D eigenvalue weighted by molar-refractivity contribution is 9.10. The molecule has 0 radical (unpaired) electrons. The van der Waals surface area contributed by atoms with Crippen molar-refractivity contribution in [3.63, 3.8) is 0 Å². The fourth-order valence-electron chi connectivity index (χ4n) is 1.70. The Balaban J connectivity index is 1.73. The summed E-state index contributed by atoms with van der Waals surface area (Å²) in [7, 11) is 1.64. The molecule has 5 heteroatoms. The molecular weight excluding hydrogens is 320 g/mol. The van der Waals surface area contributed by atoms with Gasteiger partial charge in [0, 0.05) is 17.2 Å². The van der Waals surface area contributed by atoms with Crippen molar-refractivity contribution >= 4 is 21.7 Å². The summed E-state index contributed by atoms with van der Waals surface area (Å²) in [6.45, 7) is 1.44. The first kappa shape index (κ1) is 14.7. The minimum atomic E-state index is 0.623. The summed E-state index contributed by atoms with van der Waals surface area (Å²) in [5.74, 6) is 2.37. The summed E-state index contributed by atoms with van der Waals surface area (Å²) < 4.78 is 12.0. The van der Waals surface area contributed by atoms with Gasteiger partial charge in [-0.15, -0.1) is 0 Å². The van der Waals surface area contributed by atoms with Gasteiger partial charge >= 0.3 is 0 Å². The zero-order valence-corrected chi connectivity index (χ0v) is 12.9. The largest absolute Gasteiger partial charge is 0.493 e. The number of nitrogens with zero attached hydrogens (tertiary/aromatic N) is 1. The fraction of sp³-hybridized carbons (Fsp3) is 0.267. The Morgan fingerprint density at radius 3 is 2.85 bits per heavy atom. The number of methoxy groups -OCH3 is 1. The molecule has 0 aliphatic carbocycles. The van der Waals surface area contributed by atoms with Crippen LogP contribution in [0.5, 0.6) is 11.5 Å². The maximum absolute atomic E-state index is 5.71. The summed E-state index contributed by atoms with van der Waals surface area (Å²) in [6.07, 6.45) is 2.65. The van der Waals surface area contributed by atoms with Crippen LogP contribution in [0, 0.1) is 0 Å². The first-order chi connectivity index (χ1) is 9.79. The molecule has 0 saturated carbocycles. The van der Waals surface area contributed by atoms with Crippen molar-refractivity contribution < 1.29 is 9.47 Å². The molecule has 4 nitrogen and oxygen atoms in total. The van der Waals surface area contributed by atoms with Crippen LogP contribution in [0.25, 0.3) is 0 Å². The highest BCUT2D eigenvalue weighted by Crippen LogP contribution is 2.30. The summed E-state index contributed by atoms with van der Waals surface area (Å²) in [5.41, 5.74) is 0. The van der Waals surface area contributed by atoms with Gasteiger partial charge in [0.25, 0.3) is 0 Å². The van der Waals surface area contributed by atoms with Gasteiger partial charge < -0.3 is 14.8 Å². The van der Waals surface area contributed by atoms with Crippen molar-refractivity contribution in [1.29, 1.82) is 0 Å². The van der Waals surface area contributed by atoms with Gasteiger partial charge in [-0.3, -0.25) is 0 Å². The van der Waals surface area contributed by atoms with Gasteiger partial charge in [0.2, 0.25) is 0 Å². The van der Waals surface area contributed by atoms with Crippen LogP contribution in [-0.2, 0) is 0 Å². The number of anilines is 1. The number of halogens is 1. The third-order valence-electron chi connectivity index (χ3n) is 2.68. The molecule has 0 spiro atoms. The average Bonchev–Trinajstić information content (AvgIpc) is 2.49. The van der Waals surface area contributed by atoms with E-state index in [1.807, 2.05) is 36.4 Å². The molecule has 1 N–H and O–H groups in total. The van der Waals surface area contributed by atoms with E-state index < -0.39 is 0 Å². The maximum Gasteiger partial charge on any atom is 0.161 e. The monoisotopic (exact) mass is 336 g/mol. The summed E-state index contributed by atoms with van der Waals surface area (Å²) in [6, 6.07) is 11.5. The molecule has 0 bridgehead atoms. The molecule has 0 aliphatic heterocycles. The predicted molar refractivity (Wildman–Crippen MR) is 83.5 cm³/mol. The minimum Gasteiger partial charge on any atom is -0.493 e. The van der Waals surface area contributed by atoms with Crippen molar-refractivity contribution in [2.75, 3.05) is 25.6 Å². The standard InChI is InChI=1S/C15H17BrN2O2/c1-19-14-11-12(16)6-7-13(14)20-10-4-9-18-15-5-2-3-8-17-15/h2-3,5-8,11H,4,9-10H2,1H3,(H,17,18). The summed E-state index contributed by atoms with van der Waals surface area (Å²) >= 11 is 3.40. The number of benzene rings is 1. The van der Waals surface area contributed by atoms with E-state index in [0.717, 1.165) is 34.8 Å². The normalized spacial score (nSPS) is 10.1. The molecule has 1 aromatic carbocycles. The van der Waals surface area contributed by atoms with E-state index >= 15 is 0 Å². The quantitative estimate of drug-likeness (QED) is 0.782. The van der Waals surface area contributed by atoms with Gasteiger partial charge in [0.05, 0.1) is 13.7 Å². The molecular formula is C15H17BrN2O2. The molecule has 2 rings (SSSR count). The van der Waals surface area contributed by atoms with E-state index in [0.29, 0.717) is 6.61 Å². The van der Waals surface area contributed by atoms with Crippen LogP contribution in [0.4, 0.5) is 5.82 Å². The third kappa shape index (κ3) is 4.42. The number of aromatic nitrogens is 1. The molecule has 0 saturated heterocycles. The molecule has 20 heavy (non-hydrogen) atoms. The van der Waals surface area contributed by atoms with Gasteiger partial charge in [-0.2, -0.15) is 0 Å². The first-order valence-corrected chi connectivity index (χ1v) is 7.20. The SMILES string of the molecule is COc1cc(Br)ccc1OCCCNc1ccccn1. The van der Waals surface area contributed by atoms with Gasteiger partial charge in [-0.1, -0.05) is 22.0 Å². The van der Waals surface area contributed by atoms with Gasteiger partial charge in [0.1, 0.15) is 5.82 Å². The topological polar surface area (TPSA) is 43.4 Å². The lowest BCUT2D eigenvalue weighted by Crippen LogP contribution is -2.08. The molecule has 2 aromatic rings. The van der Waals surface area contributed by atoms with Crippen molar-refractivity contribution in [3.05, 3.63) is 47.1 Å². The van der Waals surface area contributed by atoms with Crippen molar-refractivity contribution in [3.8, 4) is 11.5 Å². The van der Waals surface area contributed by atoms with Crippen LogP contribution in [0.2, 0.25) is 0 Å². The Morgan fingerprint density at radius 2 is 2.10 bits per heavy atom. The fourth-order valence-corrected chi connectivity index (χ4v) is 2.04. The Kier molecular flexibility index (Phi) is 5.68. The number of hydrogen-bond acceptors (Lipinski definition) is 4. The van der Waals surface area contributed by atoms with Crippen molar-refractivity contribution in [1.82, 2.24) is 4.98 Å². The van der Waals surface area contributed by atoms with E-state index in [2.05, 4.69) is 26.2 Å². The molecule has 1 heterocycles. The van der Waals surface area contributed by atoms with E-state index in [-0.39, 0.29) is 0 Å². The van der Waals surface area contributed by atoms with Crippen molar-refractivity contribution in [2.24, 2.45) is 0 Å². The molecule has 0 atom stereocenters. The maximum atomic E-state index is 5.71. The van der Waals surface area contributed by atoms with Crippen LogP contribution >= 0.6 is 15.9 Å². The van der Waals surface area contributed by atoms with Crippen LogP contribution in [-0.4, -0.2) is 25.2 Å². The zero-order valence-electron chi connectivity index (χ0n) is 11.3. The van der Waals surface area contributed by atoms with Crippen LogP contribution < -0.4 is 14.8 Å². The highest BCUT2D eigenvalue weighted by Gasteiger charge is 2.04. The van der Waals surface area contributed by atoms with E-state index in [4.69, 9.17) is 9.47 Å². The van der Waals surface area contributed by atoms with Crippen LogP contribution in [0.1, 0.15) is 6.42 Å². The number of pyridine rings is 1. The Hall–Kier alpha value is -1.75. The third-order valence-corrected chi connectivity index (χ3v) is 3.17. The molecule has 106 valence electrons. The summed E-state index contributed by atoms with van der Waals surface area (Å²) in [4.78, 5) is 4.19. The Morgan fingerprint density at radius 1 is 1.20 bits per heavy atom. The minimum absolute atomic E-state index is 0.623. The number of ether oxygens (including phenoxy) is 2. The lowest BCUT2D eigenvalue weighted by molar-refractivity contribution is 0.292. The highest BCUT2D eigenvalue weighted by atomic mass is 79.9. The van der Waals surface area contributed by atoms with Crippen LogP contribution in [0.3, 0.4) is 0 Å². The molecule has 0 amide bonds. The zero-order chi connectivity index (χ0) is 14.2. The lowest BCUT2D eigenvalue weighted by Gasteiger charge is -2.11. The average molecular weight is 337 g/mol. The smallest absolute Gasteiger partial charge is 0.161 e. The Labute approximate surface area is 127 Å². The van der Waals surface area contributed by atoms with E-state index in [1.54, 1.807) is 13.3 Å². The Bertz CT molecular complexity index is 535. The molecule has 1 aromatic heterocycles. The second-order valence-electron chi connectivity index (χ2n) is 4.14. The molecule has 0 unspecified atom stereocenters. The lowest BCUT2D eigenvalue weighted by atomic mass is 10.3. The number of hydrogen-bond donors (Lipinski definition) is 1. The van der Waals surface area contributed by atoms with Gasteiger partial charge in [-0.05, 0) is 36.8 Å². The van der Waals surface area contributed by atoms with E-state index in [9.17, 15) is 0 Å². The second-order valence-corrected chi connectivity index (χ2v) is 5.05. The molecule has 0 aliphatic rings. The first-order valence-electron chi connectivity index (χ1n) is 6.41. The van der Waals surface area contributed by atoms with Gasteiger partial charge in [0.15, 0.2) is 11.5 Å². The second kappa shape index (κ2) is 7.75. The molecule has 0 fully saturated rings. The number of nitrogens with one attached hydrogen (secondary N) is 1. The predicted octanol–water partition coefficient (Wildman–Crippen LogP) is 3.73. The van der Waals surface area contributed by atoms with E-state index in [1.165, 1.54) is 0 Å². The van der Waals surface area contributed by atoms with Crippen LogP contribution in [0.15, 0.2) is 47.1 Å². The van der Waals surface area contributed by atoms with Crippen molar-refractivity contribution in [2.45, 2.75) is 6.42 Å². The number of rotatable bonds is 7. The van der Waals surface area contributed by atoms with Gasteiger partial charge in [-0.25, -0.2) is 4.98 Å².